The topological polar surface area (TPSA) is 55.4 Å². The third kappa shape index (κ3) is 5.69. The van der Waals surface area contributed by atoms with E-state index in [9.17, 15) is 9.59 Å². The molecule has 1 aromatic carbocycles. The molecule has 1 N–H and O–H groups in total. The van der Waals surface area contributed by atoms with Crippen molar-refractivity contribution in [3.05, 3.63) is 41.5 Å². The predicted molar refractivity (Wildman–Crippen MR) is 79.4 cm³/mol. The van der Waals surface area contributed by atoms with Gasteiger partial charge in [0.05, 0.1) is 7.11 Å². The van der Waals surface area contributed by atoms with E-state index in [1.165, 1.54) is 13.5 Å². The van der Waals surface area contributed by atoms with Crippen molar-refractivity contribution in [2.75, 3.05) is 13.7 Å². The van der Waals surface area contributed by atoms with E-state index in [0.717, 1.165) is 18.4 Å². The molecule has 1 aromatic rings. The van der Waals surface area contributed by atoms with Crippen LogP contribution in [0.5, 0.6) is 0 Å². The highest BCUT2D eigenvalue weighted by Gasteiger charge is 2.07. The van der Waals surface area contributed by atoms with E-state index >= 15 is 0 Å². The number of carbonyl (C=O) groups excluding carboxylic acids is 2. The van der Waals surface area contributed by atoms with E-state index in [4.69, 9.17) is 0 Å². The van der Waals surface area contributed by atoms with Gasteiger partial charge in [0, 0.05) is 5.56 Å². The predicted octanol–water partition coefficient (Wildman–Crippen LogP) is 2.79. The van der Waals surface area contributed by atoms with E-state index in [2.05, 4.69) is 23.1 Å². The van der Waals surface area contributed by atoms with Crippen LogP contribution in [0.1, 0.15) is 42.1 Å². The number of methoxy groups -OCH3 is 1. The molecular weight excluding hydrogens is 254 g/mol. The van der Waals surface area contributed by atoms with Crippen LogP contribution in [0, 0.1) is 0 Å². The number of benzene rings is 1. The molecule has 1 amide bonds. The summed E-state index contributed by atoms with van der Waals surface area (Å²) in [7, 11) is 1.29. The largest absolute Gasteiger partial charge is 0.468 e. The molecule has 4 nitrogen and oxygen atoms in total. The van der Waals surface area contributed by atoms with Crippen LogP contribution in [0.3, 0.4) is 0 Å². The molecule has 0 saturated carbocycles. The monoisotopic (exact) mass is 275 g/mol. The molecule has 0 heterocycles. The van der Waals surface area contributed by atoms with Crippen molar-refractivity contribution < 1.29 is 14.3 Å². The number of hydrogen-bond acceptors (Lipinski definition) is 3. The maximum atomic E-state index is 11.9. The first kappa shape index (κ1) is 16.0. The lowest BCUT2D eigenvalue weighted by Crippen LogP contribution is -2.30. The molecular formula is C16H21NO3. The van der Waals surface area contributed by atoms with Crippen molar-refractivity contribution in [1.29, 1.82) is 0 Å². The fourth-order valence-corrected chi connectivity index (χ4v) is 1.65. The Balaban J connectivity index is 2.60. The van der Waals surface area contributed by atoms with Crippen molar-refractivity contribution in [2.45, 2.75) is 26.2 Å². The highest BCUT2D eigenvalue weighted by atomic mass is 16.5. The molecule has 0 bridgehead atoms. The van der Waals surface area contributed by atoms with Crippen molar-refractivity contribution >= 4 is 18.0 Å². The van der Waals surface area contributed by atoms with Crippen LogP contribution < -0.4 is 5.32 Å². The number of allylic oxidation sites excluding steroid dienone is 1. The first-order valence-electron chi connectivity index (χ1n) is 6.79. The molecule has 0 unspecified atom stereocenters. The molecule has 0 aromatic heterocycles. The van der Waals surface area contributed by atoms with E-state index in [0.29, 0.717) is 5.56 Å². The van der Waals surface area contributed by atoms with Gasteiger partial charge in [0.2, 0.25) is 0 Å². The summed E-state index contributed by atoms with van der Waals surface area (Å²) in [5, 5.41) is 2.52. The average molecular weight is 275 g/mol. The molecule has 0 aliphatic carbocycles. The van der Waals surface area contributed by atoms with Crippen molar-refractivity contribution in [1.82, 2.24) is 5.32 Å². The Hall–Kier alpha value is -2.10. The maximum Gasteiger partial charge on any atom is 0.325 e. The number of amides is 1. The number of ether oxygens (including phenoxy) is 1. The second kappa shape index (κ2) is 8.91. The van der Waals surface area contributed by atoms with Crippen LogP contribution in [0.25, 0.3) is 6.08 Å². The molecule has 0 aliphatic heterocycles. The molecule has 0 fully saturated rings. The fraction of sp³-hybridized carbons (Fsp3) is 0.375. The van der Waals surface area contributed by atoms with Crippen LogP contribution in [0.15, 0.2) is 30.3 Å². The minimum atomic E-state index is -0.464. The summed E-state index contributed by atoms with van der Waals surface area (Å²) in [6, 6.07) is 7.29. The lowest BCUT2D eigenvalue weighted by Gasteiger charge is -2.04. The van der Waals surface area contributed by atoms with Crippen molar-refractivity contribution in [3.63, 3.8) is 0 Å². The third-order valence-electron chi connectivity index (χ3n) is 2.80. The van der Waals surface area contributed by atoms with Gasteiger partial charge in [0.15, 0.2) is 0 Å². The first-order chi connectivity index (χ1) is 9.67. The Labute approximate surface area is 119 Å². The second-order valence-electron chi connectivity index (χ2n) is 4.43. The molecule has 0 spiro atoms. The van der Waals surface area contributed by atoms with Crippen LogP contribution in [0.4, 0.5) is 0 Å². The highest BCUT2D eigenvalue weighted by Crippen LogP contribution is 2.08. The Morgan fingerprint density at radius 3 is 2.85 bits per heavy atom. The summed E-state index contributed by atoms with van der Waals surface area (Å²) in [6.07, 6.45) is 7.48. The van der Waals surface area contributed by atoms with Gasteiger partial charge in [-0.1, -0.05) is 44.1 Å². The van der Waals surface area contributed by atoms with Crippen LogP contribution >= 0.6 is 0 Å². The molecule has 4 heteroatoms. The number of hydrogen-bond donors (Lipinski definition) is 1. The lowest BCUT2D eigenvalue weighted by atomic mass is 10.1. The van der Waals surface area contributed by atoms with Gasteiger partial charge in [-0.25, -0.2) is 0 Å². The number of unbranched alkanes of at least 4 members (excludes halogenated alkanes) is 2. The zero-order chi connectivity index (χ0) is 14.8. The van der Waals surface area contributed by atoms with Gasteiger partial charge in [-0.2, -0.15) is 0 Å². The highest BCUT2D eigenvalue weighted by molar-refractivity contribution is 5.96. The van der Waals surface area contributed by atoms with Gasteiger partial charge < -0.3 is 10.1 Å². The summed E-state index contributed by atoms with van der Waals surface area (Å²) in [5.41, 5.74) is 1.51. The normalized spacial score (nSPS) is 10.5. The number of nitrogens with one attached hydrogen (secondary N) is 1. The summed E-state index contributed by atoms with van der Waals surface area (Å²) >= 11 is 0. The minimum absolute atomic E-state index is 0.119. The van der Waals surface area contributed by atoms with E-state index in [1.54, 1.807) is 12.1 Å². The number of carbonyl (C=O) groups is 2. The zero-order valence-electron chi connectivity index (χ0n) is 12.0. The molecule has 0 aliphatic rings. The zero-order valence-corrected chi connectivity index (χ0v) is 12.0. The Morgan fingerprint density at radius 2 is 2.15 bits per heavy atom. The van der Waals surface area contributed by atoms with Crippen molar-refractivity contribution in [3.8, 4) is 0 Å². The molecule has 0 atom stereocenters. The lowest BCUT2D eigenvalue weighted by molar-refractivity contribution is -0.139. The Morgan fingerprint density at radius 1 is 1.35 bits per heavy atom. The summed E-state index contributed by atoms with van der Waals surface area (Å²) in [5.74, 6) is -0.742. The van der Waals surface area contributed by atoms with Gasteiger partial charge >= 0.3 is 5.97 Å². The standard InChI is InChI=1S/C16H21NO3/c1-3-4-5-6-8-13-9-7-10-14(11-13)16(19)17-12-15(18)20-2/h6-11H,3-5,12H2,1-2H3,(H,17,19)/b8-6-. The summed E-state index contributed by atoms with van der Waals surface area (Å²) in [4.78, 5) is 22.8. The van der Waals surface area contributed by atoms with E-state index in [1.807, 2.05) is 18.2 Å². The van der Waals surface area contributed by atoms with Crippen LogP contribution in [-0.4, -0.2) is 25.5 Å². The Bertz CT molecular complexity index is 480. The van der Waals surface area contributed by atoms with E-state index in [-0.39, 0.29) is 12.5 Å². The number of esters is 1. The van der Waals surface area contributed by atoms with Gasteiger partial charge in [0.25, 0.3) is 5.91 Å². The molecule has 20 heavy (non-hydrogen) atoms. The second-order valence-corrected chi connectivity index (χ2v) is 4.43. The maximum absolute atomic E-state index is 11.9. The smallest absolute Gasteiger partial charge is 0.325 e. The summed E-state index contributed by atoms with van der Waals surface area (Å²) < 4.78 is 4.47. The molecule has 0 radical (unpaired) electrons. The molecule has 0 saturated heterocycles. The molecule has 108 valence electrons. The SMILES string of the molecule is CCCC/C=C\c1cccc(C(=O)NCC(=O)OC)c1. The number of rotatable bonds is 7. The van der Waals surface area contributed by atoms with E-state index < -0.39 is 5.97 Å². The quantitative estimate of drug-likeness (QED) is 0.615. The fourth-order valence-electron chi connectivity index (χ4n) is 1.65. The minimum Gasteiger partial charge on any atom is -0.468 e. The average Bonchev–Trinajstić information content (AvgIpc) is 2.49. The van der Waals surface area contributed by atoms with Crippen molar-refractivity contribution in [2.24, 2.45) is 0 Å². The molecule has 1 rings (SSSR count). The van der Waals surface area contributed by atoms with Gasteiger partial charge in [-0.15, -0.1) is 0 Å². The van der Waals surface area contributed by atoms with Crippen LogP contribution in [-0.2, 0) is 9.53 Å². The van der Waals surface area contributed by atoms with Crippen LogP contribution in [0.2, 0.25) is 0 Å². The van der Waals surface area contributed by atoms with Gasteiger partial charge in [-0.3, -0.25) is 9.59 Å². The Kier molecular flexibility index (Phi) is 7.11. The summed E-state index contributed by atoms with van der Waals surface area (Å²) in [6.45, 7) is 2.03. The van der Waals surface area contributed by atoms with Gasteiger partial charge in [0.1, 0.15) is 6.54 Å². The first-order valence-corrected chi connectivity index (χ1v) is 6.79. The third-order valence-corrected chi connectivity index (χ3v) is 2.80. The van der Waals surface area contributed by atoms with Gasteiger partial charge in [-0.05, 0) is 24.1 Å².